The van der Waals surface area contributed by atoms with Gasteiger partial charge in [-0.3, -0.25) is 14.3 Å². The zero-order valence-corrected chi connectivity index (χ0v) is 11.1. The van der Waals surface area contributed by atoms with Crippen LogP contribution in [0.3, 0.4) is 0 Å². The summed E-state index contributed by atoms with van der Waals surface area (Å²) in [6.07, 6.45) is 0. The van der Waals surface area contributed by atoms with Crippen LogP contribution in [0.1, 0.15) is 30.0 Å². The van der Waals surface area contributed by atoms with E-state index in [1.54, 1.807) is 27.8 Å². The zero-order chi connectivity index (χ0) is 14.1. The minimum atomic E-state index is -0.807. The lowest BCUT2D eigenvalue weighted by atomic mass is 9.93. The molecular weight excluding hydrogens is 234 g/mol. The van der Waals surface area contributed by atoms with Crippen molar-refractivity contribution < 1.29 is 9.59 Å². The Bertz CT molecular complexity index is 490. The van der Waals surface area contributed by atoms with Gasteiger partial charge in [0, 0.05) is 13.6 Å². The molecule has 1 aromatic heterocycles. The Hall–Kier alpha value is -2.05. The lowest BCUT2D eigenvalue weighted by Crippen LogP contribution is -2.42. The molecule has 0 radical (unpaired) electrons. The summed E-state index contributed by atoms with van der Waals surface area (Å²) in [7, 11) is 1.64. The fourth-order valence-electron chi connectivity index (χ4n) is 1.42. The summed E-state index contributed by atoms with van der Waals surface area (Å²) in [6, 6.07) is 0. The maximum atomic E-state index is 12.0. The van der Waals surface area contributed by atoms with Crippen molar-refractivity contribution in [1.29, 1.82) is 0 Å². The summed E-state index contributed by atoms with van der Waals surface area (Å²) < 4.78 is 1.41. The molecule has 0 aliphatic carbocycles. The lowest BCUT2D eigenvalue weighted by Gasteiger charge is -2.20. The molecule has 0 spiro atoms. The molecule has 0 bridgehead atoms. The quantitative estimate of drug-likeness (QED) is 0.674. The first-order valence-electron chi connectivity index (χ1n) is 5.54. The van der Waals surface area contributed by atoms with E-state index in [0.717, 1.165) is 0 Å². The van der Waals surface area contributed by atoms with Crippen LogP contribution in [0.15, 0.2) is 0 Å². The first-order valence-corrected chi connectivity index (χ1v) is 5.54. The number of aromatic nitrogens is 2. The number of carbonyl (C=O) groups excluding carboxylic acids is 2. The van der Waals surface area contributed by atoms with Gasteiger partial charge in [-0.1, -0.05) is 0 Å². The molecule has 7 heteroatoms. The van der Waals surface area contributed by atoms with Crippen LogP contribution >= 0.6 is 0 Å². The monoisotopic (exact) mass is 253 g/mol. The van der Waals surface area contributed by atoms with Crippen molar-refractivity contribution in [3.63, 3.8) is 0 Å². The highest BCUT2D eigenvalue weighted by Crippen LogP contribution is 2.16. The van der Waals surface area contributed by atoms with Crippen molar-refractivity contribution in [3.8, 4) is 0 Å². The maximum Gasteiger partial charge on any atom is 0.271 e. The van der Waals surface area contributed by atoms with E-state index in [1.807, 2.05) is 0 Å². The fourth-order valence-corrected chi connectivity index (χ4v) is 1.42. The SMILES string of the molecule is Cc1nn(C)c(C(=O)NCC(C)(C)C(N)=O)c1N. The normalized spacial score (nSPS) is 11.3. The number of hydrogen-bond donors (Lipinski definition) is 3. The fraction of sp³-hybridized carbons (Fsp3) is 0.545. The molecule has 0 aliphatic heterocycles. The van der Waals surface area contributed by atoms with Crippen LogP contribution in [-0.4, -0.2) is 28.1 Å². The van der Waals surface area contributed by atoms with E-state index in [4.69, 9.17) is 11.5 Å². The molecule has 0 saturated carbocycles. The minimum Gasteiger partial charge on any atom is -0.395 e. The van der Waals surface area contributed by atoms with E-state index in [0.29, 0.717) is 11.4 Å². The van der Waals surface area contributed by atoms with Gasteiger partial charge in [0.2, 0.25) is 5.91 Å². The van der Waals surface area contributed by atoms with Crippen molar-refractivity contribution in [1.82, 2.24) is 15.1 Å². The molecular formula is C11H19N5O2. The highest BCUT2D eigenvalue weighted by atomic mass is 16.2. The zero-order valence-electron chi connectivity index (χ0n) is 11.1. The predicted molar refractivity (Wildman–Crippen MR) is 67.7 cm³/mol. The Kier molecular flexibility index (Phi) is 3.64. The number of amides is 2. The number of anilines is 1. The van der Waals surface area contributed by atoms with E-state index in [9.17, 15) is 9.59 Å². The first-order chi connectivity index (χ1) is 8.16. The molecule has 0 aromatic carbocycles. The summed E-state index contributed by atoms with van der Waals surface area (Å²) in [4.78, 5) is 23.1. The minimum absolute atomic E-state index is 0.144. The summed E-state index contributed by atoms with van der Waals surface area (Å²) >= 11 is 0. The summed E-state index contributed by atoms with van der Waals surface area (Å²) in [5.41, 5.74) is 11.4. The van der Waals surface area contributed by atoms with E-state index in [1.165, 1.54) is 4.68 Å². The molecule has 2 amide bonds. The lowest BCUT2D eigenvalue weighted by molar-refractivity contribution is -0.125. The van der Waals surface area contributed by atoms with Gasteiger partial charge < -0.3 is 16.8 Å². The van der Waals surface area contributed by atoms with Crippen LogP contribution in [0.25, 0.3) is 0 Å². The summed E-state index contributed by atoms with van der Waals surface area (Å²) in [5, 5.41) is 6.69. The highest BCUT2D eigenvalue weighted by molar-refractivity contribution is 5.98. The van der Waals surface area contributed by atoms with Crippen molar-refractivity contribution in [2.75, 3.05) is 12.3 Å². The number of primary amides is 1. The van der Waals surface area contributed by atoms with Crippen molar-refractivity contribution in [2.45, 2.75) is 20.8 Å². The molecule has 0 saturated heterocycles. The number of nitrogen functional groups attached to an aromatic ring is 1. The number of nitrogens with zero attached hydrogens (tertiary/aromatic N) is 2. The van der Waals surface area contributed by atoms with Gasteiger partial charge in [0.15, 0.2) is 0 Å². The summed E-state index contributed by atoms with van der Waals surface area (Å²) in [5.74, 6) is -0.845. The second-order valence-corrected chi connectivity index (χ2v) is 4.90. The van der Waals surface area contributed by atoms with Gasteiger partial charge in [-0.05, 0) is 20.8 Å². The van der Waals surface area contributed by atoms with E-state index < -0.39 is 11.3 Å². The second-order valence-electron chi connectivity index (χ2n) is 4.90. The molecule has 1 rings (SSSR count). The number of rotatable bonds is 4. The van der Waals surface area contributed by atoms with E-state index in [-0.39, 0.29) is 18.1 Å². The number of aryl methyl sites for hydroxylation is 2. The van der Waals surface area contributed by atoms with Gasteiger partial charge in [-0.15, -0.1) is 0 Å². The predicted octanol–water partition coefficient (Wildman–Crippen LogP) is -0.448. The van der Waals surface area contributed by atoms with Crippen molar-refractivity contribution in [3.05, 3.63) is 11.4 Å². The molecule has 1 aromatic rings. The third kappa shape index (κ3) is 2.61. The molecule has 0 atom stereocenters. The van der Waals surface area contributed by atoms with Crippen molar-refractivity contribution in [2.24, 2.45) is 18.2 Å². The average molecular weight is 253 g/mol. The van der Waals surface area contributed by atoms with Gasteiger partial charge in [0.1, 0.15) is 5.69 Å². The van der Waals surface area contributed by atoms with E-state index in [2.05, 4.69) is 10.4 Å². The van der Waals surface area contributed by atoms with Crippen LogP contribution < -0.4 is 16.8 Å². The maximum absolute atomic E-state index is 12.0. The molecule has 5 N–H and O–H groups in total. The Morgan fingerprint density at radius 3 is 2.39 bits per heavy atom. The van der Waals surface area contributed by atoms with Crippen LogP contribution in [0.4, 0.5) is 5.69 Å². The third-order valence-electron chi connectivity index (χ3n) is 2.84. The standard InChI is InChI=1S/C11H19N5O2/c1-6-7(12)8(16(4)15-6)9(17)14-5-11(2,3)10(13)18/h5,12H2,1-4H3,(H2,13,18)(H,14,17). The average Bonchev–Trinajstić information content (AvgIpc) is 2.50. The van der Waals surface area contributed by atoms with Crippen LogP contribution in [0.2, 0.25) is 0 Å². The Morgan fingerprint density at radius 1 is 1.44 bits per heavy atom. The Labute approximate surface area is 106 Å². The topological polar surface area (TPSA) is 116 Å². The highest BCUT2D eigenvalue weighted by Gasteiger charge is 2.27. The molecule has 18 heavy (non-hydrogen) atoms. The number of carbonyl (C=O) groups is 2. The van der Waals surface area contributed by atoms with Gasteiger partial charge in [-0.2, -0.15) is 5.10 Å². The van der Waals surface area contributed by atoms with Gasteiger partial charge in [-0.25, -0.2) is 0 Å². The second kappa shape index (κ2) is 4.67. The first kappa shape index (κ1) is 14.0. The number of hydrogen-bond acceptors (Lipinski definition) is 4. The molecule has 0 aliphatic rings. The smallest absolute Gasteiger partial charge is 0.271 e. The van der Waals surface area contributed by atoms with E-state index >= 15 is 0 Å². The van der Waals surface area contributed by atoms with Crippen LogP contribution in [0, 0.1) is 12.3 Å². The largest absolute Gasteiger partial charge is 0.395 e. The van der Waals surface area contributed by atoms with Gasteiger partial charge in [0.05, 0.1) is 16.8 Å². The number of nitrogens with two attached hydrogens (primary N) is 2. The van der Waals surface area contributed by atoms with Crippen LogP contribution in [0.5, 0.6) is 0 Å². The summed E-state index contributed by atoms with van der Waals surface area (Å²) in [6.45, 7) is 5.19. The Morgan fingerprint density at radius 2 is 2.00 bits per heavy atom. The van der Waals surface area contributed by atoms with Crippen molar-refractivity contribution >= 4 is 17.5 Å². The van der Waals surface area contributed by atoms with Gasteiger partial charge >= 0.3 is 0 Å². The van der Waals surface area contributed by atoms with Crippen LogP contribution in [-0.2, 0) is 11.8 Å². The van der Waals surface area contributed by atoms with Gasteiger partial charge in [0.25, 0.3) is 5.91 Å². The number of nitrogens with one attached hydrogen (secondary N) is 1. The molecule has 0 unspecified atom stereocenters. The molecule has 1 heterocycles. The molecule has 100 valence electrons. The Balaban J connectivity index is 2.81. The molecule has 7 nitrogen and oxygen atoms in total. The molecule has 0 fully saturated rings. The third-order valence-corrected chi connectivity index (χ3v) is 2.84.